The average molecular weight is 297 g/mol. The maximum absolute atomic E-state index is 6.02. The topological polar surface area (TPSA) is 43.6 Å². The van der Waals surface area contributed by atoms with Gasteiger partial charge in [-0.3, -0.25) is 4.68 Å². The van der Waals surface area contributed by atoms with Crippen LogP contribution < -0.4 is 0 Å². The fourth-order valence-electron chi connectivity index (χ4n) is 2.98. The van der Waals surface area contributed by atoms with Gasteiger partial charge in [-0.05, 0) is 36.5 Å². The molecule has 1 aliphatic carbocycles. The van der Waals surface area contributed by atoms with Crippen molar-refractivity contribution < 1.29 is 0 Å². The van der Waals surface area contributed by atoms with E-state index in [1.807, 2.05) is 19.2 Å². The minimum atomic E-state index is -0.170. The van der Waals surface area contributed by atoms with Crippen molar-refractivity contribution in [2.24, 2.45) is 13.0 Å². The number of hydrogen-bond acceptors (Lipinski definition) is 3. The van der Waals surface area contributed by atoms with Crippen LogP contribution in [0.15, 0.2) is 18.5 Å². The Morgan fingerprint density at radius 2 is 1.89 bits per heavy atom. The summed E-state index contributed by atoms with van der Waals surface area (Å²) >= 11 is 12.0. The average Bonchev–Trinajstić information content (AvgIpc) is 2.70. The molecule has 0 unspecified atom stereocenters. The van der Waals surface area contributed by atoms with E-state index in [-0.39, 0.29) is 5.41 Å². The minimum absolute atomic E-state index is 0.170. The van der Waals surface area contributed by atoms with E-state index < -0.39 is 0 Å². The molecule has 0 saturated heterocycles. The summed E-state index contributed by atoms with van der Waals surface area (Å²) in [5, 5.41) is 5.30. The lowest BCUT2D eigenvalue weighted by molar-refractivity contribution is 0.189. The first kappa shape index (κ1) is 12.9. The molecule has 0 amide bonds. The highest BCUT2D eigenvalue weighted by Gasteiger charge is 2.48. The SMILES string of the molecule is CC1CC(c2cc(Cl)nc(Cl)c2)(c2ncn(C)n2)C1. The summed E-state index contributed by atoms with van der Waals surface area (Å²) in [6, 6.07) is 3.74. The first-order valence-electron chi connectivity index (χ1n) is 6.19. The molecule has 1 fully saturated rings. The minimum Gasteiger partial charge on any atom is -0.256 e. The summed E-state index contributed by atoms with van der Waals surface area (Å²) < 4.78 is 1.73. The number of aryl methyl sites for hydroxylation is 1. The second-order valence-corrected chi connectivity index (χ2v) is 6.11. The molecule has 2 heterocycles. The molecule has 19 heavy (non-hydrogen) atoms. The lowest BCUT2D eigenvalue weighted by Gasteiger charge is -2.45. The maximum Gasteiger partial charge on any atom is 0.161 e. The highest BCUT2D eigenvalue weighted by Crippen LogP contribution is 2.51. The summed E-state index contributed by atoms with van der Waals surface area (Å²) in [4.78, 5) is 8.43. The molecule has 1 aliphatic rings. The van der Waals surface area contributed by atoms with Gasteiger partial charge in [0.1, 0.15) is 16.6 Å². The zero-order valence-corrected chi connectivity index (χ0v) is 12.3. The number of pyridine rings is 1. The summed E-state index contributed by atoms with van der Waals surface area (Å²) in [6.07, 6.45) is 3.74. The van der Waals surface area contributed by atoms with E-state index in [2.05, 4.69) is 22.0 Å². The number of rotatable bonds is 2. The van der Waals surface area contributed by atoms with Gasteiger partial charge in [0.05, 0.1) is 5.41 Å². The van der Waals surface area contributed by atoms with Gasteiger partial charge in [-0.25, -0.2) is 9.97 Å². The van der Waals surface area contributed by atoms with Crippen LogP contribution in [0.3, 0.4) is 0 Å². The monoisotopic (exact) mass is 296 g/mol. The highest BCUT2D eigenvalue weighted by molar-refractivity contribution is 6.32. The Kier molecular flexibility index (Phi) is 3.02. The Labute approximate surface area is 121 Å². The summed E-state index contributed by atoms with van der Waals surface area (Å²) in [6.45, 7) is 2.23. The van der Waals surface area contributed by atoms with Gasteiger partial charge in [-0.15, -0.1) is 0 Å². The van der Waals surface area contributed by atoms with Gasteiger partial charge < -0.3 is 0 Å². The Morgan fingerprint density at radius 1 is 1.26 bits per heavy atom. The lowest BCUT2D eigenvalue weighted by atomic mass is 9.59. The molecule has 0 aliphatic heterocycles. The number of aromatic nitrogens is 4. The first-order chi connectivity index (χ1) is 8.99. The third-order valence-electron chi connectivity index (χ3n) is 3.74. The van der Waals surface area contributed by atoms with Crippen molar-refractivity contribution in [3.8, 4) is 0 Å². The molecule has 2 aromatic rings. The molecule has 0 bridgehead atoms. The normalized spacial score (nSPS) is 26.2. The molecule has 0 atom stereocenters. The molecular weight excluding hydrogens is 283 g/mol. The zero-order chi connectivity index (χ0) is 13.6. The largest absolute Gasteiger partial charge is 0.256 e. The Bertz CT molecular complexity index is 597. The Hall–Kier alpha value is -1.13. The van der Waals surface area contributed by atoms with E-state index in [0.717, 1.165) is 24.2 Å². The molecule has 1 saturated carbocycles. The molecule has 3 rings (SSSR count). The van der Waals surface area contributed by atoms with E-state index in [1.54, 1.807) is 11.0 Å². The molecule has 0 radical (unpaired) electrons. The fraction of sp³-hybridized carbons (Fsp3) is 0.462. The van der Waals surface area contributed by atoms with E-state index in [9.17, 15) is 0 Å². The molecule has 0 aromatic carbocycles. The van der Waals surface area contributed by atoms with E-state index >= 15 is 0 Å². The zero-order valence-electron chi connectivity index (χ0n) is 10.8. The molecule has 2 aromatic heterocycles. The van der Waals surface area contributed by atoms with Crippen LogP contribution >= 0.6 is 23.2 Å². The van der Waals surface area contributed by atoms with Gasteiger partial charge in [0.25, 0.3) is 0 Å². The van der Waals surface area contributed by atoms with E-state index in [4.69, 9.17) is 23.2 Å². The van der Waals surface area contributed by atoms with Gasteiger partial charge >= 0.3 is 0 Å². The molecule has 100 valence electrons. The van der Waals surface area contributed by atoms with Gasteiger partial charge in [-0.2, -0.15) is 5.10 Å². The summed E-state index contributed by atoms with van der Waals surface area (Å²) in [5.74, 6) is 1.49. The van der Waals surface area contributed by atoms with Crippen molar-refractivity contribution >= 4 is 23.2 Å². The van der Waals surface area contributed by atoms with Crippen molar-refractivity contribution in [2.75, 3.05) is 0 Å². The van der Waals surface area contributed by atoms with Crippen molar-refractivity contribution in [1.82, 2.24) is 19.7 Å². The second kappa shape index (κ2) is 4.46. The van der Waals surface area contributed by atoms with Gasteiger partial charge in [0.15, 0.2) is 5.82 Å². The van der Waals surface area contributed by atoms with Gasteiger partial charge in [0.2, 0.25) is 0 Å². The second-order valence-electron chi connectivity index (χ2n) is 5.34. The first-order valence-corrected chi connectivity index (χ1v) is 6.95. The van der Waals surface area contributed by atoms with Crippen LogP contribution in [-0.2, 0) is 12.5 Å². The Morgan fingerprint density at radius 3 is 2.37 bits per heavy atom. The van der Waals surface area contributed by atoms with E-state index in [0.29, 0.717) is 16.2 Å². The lowest BCUT2D eigenvalue weighted by Crippen LogP contribution is -2.42. The number of nitrogens with zero attached hydrogens (tertiary/aromatic N) is 4. The molecule has 4 nitrogen and oxygen atoms in total. The van der Waals surface area contributed by atoms with Gasteiger partial charge in [0, 0.05) is 7.05 Å². The third kappa shape index (κ3) is 2.13. The Balaban J connectivity index is 2.11. The van der Waals surface area contributed by atoms with Crippen molar-refractivity contribution in [3.63, 3.8) is 0 Å². The van der Waals surface area contributed by atoms with Crippen molar-refractivity contribution in [1.29, 1.82) is 0 Å². The quantitative estimate of drug-likeness (QED) is 0.799. The van der Waals surface area contributed by atoms with Crippen LogP contribution in [0.25, 0.3) is 0 Å². The maximum atomic E-state index is 6.02. The van der Waals surface area contributed by atoms with Crippen LogP contribution in [0, 0.1) is 5.92 Å². The fourth-order valence-corrected chi connectivity index (χ4v) is 3.44. The van der Waals surface area contributed by atoms with Crippen LogP contribution in [-0.4, -0.2) is 19.7 Å². The van der Waals surface area contributed by atoms with Crippen LogP contribution in [0.4, 0.5) is 0 Å². The molecule has 0 spiro atoms. The number of halogens is 2. The molecule has 0 N–H and O–H groups in total. The summed E-state index contributed by atoms with van der Waals surface area (Å²) in [5.41, 5.74) is 0.887. The standard InChI is InChI=1S/C13H14Cl2N4/c1-8-5-13(6-8,12-16-7-19(2)18-12)9-3-10(14)17-11(15)4-9/h3-4,7-8H,5-6H2,1-2H3. The number of hydrogen-bond donors (Lipinski definition) is 0. The van der Waals surface area contributed by atoms with Crippen LogP contribution in [0.2, 0.25) is 10.3 Å². The van der Waals surface area contributed by atoms with E-state index in [1.165, 1.54) is 0 Å². The molecular formula is C13H14Cl2N4. The van der Waals surface area contributed by atoms with Crippen LogP contribution in [0.5, 0.6) is 0 Å². The van der Waals surface area contributed by atoms with Gasteiger partial charge in [-0.1, -0.05) is 30.1 Å². The third-order valence-corrected chi connectivity index (χ3v) is 4.12. The van der Waals surface area contributed by atoms with Crippen LogP contribution in [0.1, 0.15) is 31.2 Å². The van der Waals surface area contributed by atoms with Crippen molar-refractivity contribution in [2.45, 2.75) is 25.2 Å². The highest BCUT2D eigenvalue weighted by atomic mass is 35.5. The predicted molar refractivity (Wildman–Crippen MR) is 74.4 cm³/mol. The molecule has 6 heteroatoms. The smallest absolute Gasteiger partial charge is 0.161 e. The predicted octanol–water partition coefficient (Wildman–Crippen LogP) is 3.23. The van der Waals surface area contributed by atoms with Crippen molar-refractivity contribution in [3.05, 3.63) is 40.2 Å². The summed E-state index contributed by atoms with van der Waals surface area (Å²) in [7, 11) is 1.87.